The summed E-state index contributed by atoms with van der Waals surface area (Å²) in [5.74, 6) is -0.0235. The van der Waals surface area contributed by atoms with Crippen LogP contribution in [0, 0.1) is 5.82 Å². The lowest BCUT2D eigenvalue weighted by Gasteiger charge is -2.16. The van der Waals surface area contributed by atoms with E-state index in [2.05, 4.69) is 5.32 Å². The van der Waals surface area contributed by atoms with Gasteiger partial charge in [0.2, 0.25) is 0 Å². The highest BCUT2D eigenvalue weighted by Crippen LogP contribution is 2.42. The lowest BCUT2D eigenvalue weighted by atomic mass is 9.95. The summed E-state index contributed by atoms with van der Waals surface area (Å²) in [6.45, 7) is 0.658. The first-order valence-electron chi connectivity index (χ1n) is 5.44. The molecule has 1 N–H and O–H groups in total. The summed E-state index contributed by atoms with van der Waals surface area (Å²) in [6, 6.07) is 6.13. The molecule has 17 heavy (non-hydrogen) atoms. The molecule has 1 heterocycles. The first kappa shape index (κ1) is 10.7. The maximum Gasteiger partial charge on any atom is 0.131 e. The van der Waals surface area contributed by atoms with Crippen LogP contribution in [0.2, 0.25) is 0 Å². The van der Waals surface area contributed by atoms with E-state index in [9.17, 15) is 9.50 Å². The van der Waals surface area contributed by atoms with Crippen molar-refractivity contribution < 1.29 is 9.50 Å². The van der Waals surface area contributed by atoms with Gasteiger partial charge < -0.3 is 10.4 Å². The minimum absolute atomic E-state index is 0.0617. The molecule has 2 aromatic carbocycles. The average Bonchev–Trinajstić information content (AvgIpc) is 2.72. The number of nitrogens with one attached hydrogen (secondary N) is 1. The Kier molecular flexibility index (Phi) is 2.37. The van der Waals surface area contributed by atoms with E-state index in [0.717, 1.165) is 11.3 Å². The van der Waals surface area contributed by atoms with Crippen LogP contribution in [0.4, 0.5) is 10.1 Å². The van der Waals surface area contributed by atoms with Gasteiger partial charge in [0.15, 0.2) is 0 Å². The van der Waals surface area contributed by atoms with Crippen LogP contribution in [0.3, 0.4) is 0 Å². The average molecular weight is 251 g/mol. The van der Waals surface area contributed by atoms with Crippen molar-refractivity contribution in [1.29, 1.82) is 0 Å². The Morgan fingerprint density at radius 2 is 2.29 bits per heavy atom. The fourth-order valence-corrected chi connectivity index (χ4v) is 2.73. The summed E-state index contributed by atoms with van der Waals surface area (Å²) >= 11 is 5.89. The minimum Gasteiger partial charge on any atom is -0.872 e. The molecule has 0 spiro atoms. The van der Waals surface area contributed by atoms with Gasteiger partial charge in [0.25, 0.3) is 0 Å². The summed E-state index contributed by atoms with van der Waals surface area (Å²) in [5.41, 5.74) is 1.56. The van der Waals surface area contributed by atoms with Crippen LogP contribution < -0.4 is 10.4 Å². The zero-order chi connectivity index (χ0) is 12.0. The van der Waals surface area contributed by atoms with Crippen LogP contribution in [0.5, 0.6) is 5.75 Å². The molecule has 1 aliphatic rings. The second-order valence-electron chi connectivity index (χ2n) is 4.23. The monoisotopic (exact) mass is 250 g/mol. The Balaban J connectivity index is 2.43. The van der Waals surface area contributed by atoms with Crippen molar-refractivity contribution in [2.75, 3.05) is 17.7 Å². The predicted octanol–water partition coefficient (Wildman–Crippen LogP) is 2.80. The molecule has 0 saturated carbocycles. The van der Waals surface area contributed by atoms with Gasteiger partial charge in [0, 0.05) is 29.4 Å². The summed E-state index contributed by atoms with van der Waals surface area (Å²) in [4.78, 5) is 0. The van der Waals surface area contributed by atoms with Crippen LogP contribution >= 0.6 is 11.6 Å². The van der Waals surface area contributed by atoms with E-state index in [-0.39, 0.29) is 17.5 Å². The van der Waals surface area contributed by atoms with Gasteiger partial charge in [0.1, 0.15) is 5.82 Å². The van der Waals surface area contributed by atoms with Crippen LogP contribution in [0.1, 0.15) is 11.5 Å². The standard InChI is InChI=1S/C13H11ClFNO/c14-5-7-6-16-10-4-11(17)8-2-1-3-9(15)13(8)12(7)10/h1-4,7,16-17H,5-6H2/p-1/t7-/m1/s1. The van der Waals surface area contributed by atoms with Crippen molar-refractivity contribution in [3.8, 4) is 5.75 Å². The third kappa shape index (κ3) is 1.46. The van der Waals surface area contributed by atoms with Gasteiger partial charge in [-0.1, -0.05) is 17.9 Å². The molecule has 3 rings (SSSR count). The minimum atomic E-state index is -0.352. The molecule has 0 amide bonds. The highest BCUT2D eigenvalue weighted by atomic mass is 35.5. The van der Waals surface area contributed by atoms with Crippen molar-refractivity contribution in [2.24, 2.45) is 0 Å². The molecule has 2 aromatic rings. The molecule has 0 unspecified atom stereocenters. The van der Waals surface area contributed by atoms with Crippen molar-refractivity contribution >= 4 is 28.1 Å². The summed E-state index contributed by atoms with van der Waals surface area (Å²) in [6.07, 6.45) is 0. The quantitative estimate of drug-likeness (QED) is 0.790. The van der Waals surface area contributed by atoms with E-state index >= 15 is 0 Å². The Hall–Kier alpha value is -1.48. The maximum atomic E-state index is 13.9. The third-order valence-electron chi connectivity index (χ3n) is 3.25. The highest BCUT2D eigenvalue weighted by molar-refractivity contribution is 6.18. The van der Waals surface area contributed by atoms with E-state index in [4.69, 9.17) is 11.6 Å². The Bertz CT molecular complexity index is 599. The van der Waals surface area contributed by atoms with Crippen molar-refractivity contribution in [1.82, 2.24) is 0 Å². The molecular formula is C13H10ClFNO-. The lowest BCUT2D eigenvalue weighted by Crippen LogP contribution is -2.03. The molecule has 0 fully saturated rings. The first-order chi connectivity index (χ1) is 8.22. The molecule has 1 aliphatic heterocycles. The van der Waals surface area contributed by atoms with Gasteiger partial charge >= 0.3 is 0 Å². The van der Waals surface area contributed by atoms with Crippen LogP contribution in [0.25, 0.3) is 10.8 Å². The fourth-order valence-electron chi connectivity index (χ4n) is 2.46. The van der Waals surface area contributed by atoms with Crippen LogP contribution in [-0.4, -0.2) is 12.4 Å². The summed E-state index contributed by atoms with van der Waals surface area (Å²) in [7, 11) is 0. The first-order valence-corrected chi connectivity index (χ1v) is 5.97. The van der Waals surface area contributed by atoms with Gasteiger partial charge in [-0.3, -0.25) is 0 Å². The predicted molar refractivity (Wildman–Crippen MR) is 65.3 cm³/mol. The Labute approximate surface area is 103 Å². The molecule has 4 heteroatoms. The second kappa shape index (κ2) is 3.77. The Morgan fingerprint density at radius 1 is 1.47 bits per heavy atom. The number of benzene rings is 2. The highest BCUT2D eigenvalue weighted by Gasteiger charge is 2.25. The zero-order valence-electron chi connectivity index (χ0n) is 8.97. The fraction of sp³-hybridized carbons (Fsp3) is 0.231. The van der Waals surface area contributed by atoms with Gasteiger partial charge in [-0.2, -0.15) is 0 Å². The smallest absolute Gasteiger partial charge is 0.131 e. The number of fused-ring (bicyclic) bond motifs is 3. The maximum absolute atomic E-state index is 13.9. The zero-order valence-corrected chi connectivity index (χ0v) is 9.72. The molecule has 2 nitrogen and oxygen atoms in total. The van der Waals surface area contributed by atoms with Gasteiger partial charge in [-0.25, -0.2) is 4.39 Å². The van der Waals surface area contributed by atoms with E-state index in [0.29, 0.717) is 23.2 Å². The normalized spacial score (nSPS) is 18.1. The van der Waals surface area contributed by atoms with Crippen LogP contribution in [-0.2, 0) is 0 Å². The SMILES string of the molecule is [O-]c1cc2c(c3c(F)cccc13)[C@H](CCl)CN2. The van der Waals surface area contributed by atoms with Crippen molar-refractivity contribution in [3.05, 3.63) is 35.6 Å². The van der Waals surface area contributed by atoms with Gasteiger partial charge in [-0.05, 0) is 23.1 Å². The number of hydrogen-bond donors (Lipinski definition) is 1. The largest absolute Gasteiger partial charge is 0.872 e. The van der Waals surface area contributed by atoms with E-state index < -0.39 is 0 Å². The van der Waals surface area contributed by atoms with Gasteiger partial charge in [-0.15, -0.1) is 11.6 Å². The number of anilines is 1. The molecule has 0 bridgehead atoms. The second-order valence-corrected chi connectivity index (χ2v) is 4.54. The van der Waals surface area contributed by atoms with E-state index in [1.165, 1.54) is 12.1 Å². The number of rotatable bonds is 1. The number of halogens is 2. The van der Waals surface area contributed by atoms with E-state index in [1.807, 2.05) is 0 Å². The van der Waals surface area contributed by atoms with Crippen molar-refractivity contribution in [3.63, 3.8) is 0 Å². The van der Waals surface area contributed by atoms with Gasteiger partial charge in [0.05, 0.1) is 0 Å². The number of alkyl halides is 1. The molecule has 88 valence electrons. The third-order valence-corrected chi connectivity index (χ3v) is 3.62. The number of hydrogen-bond acceptors (Lipinski definition) is 2. The topological polar surface area (TPSA) is 35.1 Å². The molecule has 0 saturated heterocycles. The lowest BCUT2D eigenvalue weighted by molar-refractivity contribution is -0.265. The van der Waals surface area contributed by atoms with Crippen molar-refractivity contribution in [2.45, 2.75) is 5.92 Å². The summed E-state index contributed by atoms with van der Waals surface area (Å²) < 4.78 is 13.9. The molecular weight excluding hydrogens is 241 g/mol. The summed E-state index contributed by atoms with van der Waals surface area (Å²) in [5, 5.41) is 15.8. The van der Waals surface area contributed by atoms with E-state index in [1.54, 1.807) is 12.1 Å². The molecule has 0 radical (unpaired) electrons. The van der Waals surface area contributed by atoms with Crippen LogP contribution in [0.15, 0.2) is 24.3 Å². The molecule has 0 aliphatic carbocycles. The Morgan fingerprint density at radius 3 is 3.06 bits per heavy atom. The molecule has 0 aromatic heterocycles. The molecule has 1 atom stereocenters.